The minimum absolute atomic E-state index is 0.0774. The van der Waals surface area contributed by atoms with Gasteiger partial charge >= 0.3 is 5.97 Å². The van der Waals surface area contributed by atoms with Crippen LogP contribution in [0.25, 0.3) is 0 Å². The van der Waals surface area contributed by atoms with Crippen LogP contribution in [-0.2, 0) is 0 Å². The van der Waals surface area contributed by atoms with Gasteiger partial charge in [0.05, 0.1) is 12.2 Å². The standard InChI is InChI=1S/C13H15FO3/c14-11-5-10(13(15)16)6-12(7-11)17-8-9-3-1-2-4-9/h5-7,9H,1-4,8H2,(H,15,16). The highest BCUT2D eigenvalue weighted by Gasteiger charge is 2.16. The zero-order valence-corrected chi connectivity index (χ0v) is 9.49. The molecule has 0 atom stereocenters. The van der Waals surface area contributed by atoms with Crippen molar-refractivity contribution in [2.45, 2.75) is 25.7 Å². The highest BCUT2D eigenvalue weighted by molar-refractivity contribution is 5.88. The summed E-state index contributed by atoms with van der Waals surface area (Å²) in [5.74, 6) is -0.901. The Labute approximate surface area is 99.2 Å². The molecule has 0 bridgehead atoms. The van der Waals surface area contributed by atoms with Crippen LogP contribution in [0.15, 0.2) is 18.2 Å². The molecule has 1 aliphatic carbocycles. The fourth-order valence-corrected chi connectivity index (χ4v) is 2.16. The van der Waals surface area contributed by atoms with Crippen LogP contribution in [0.2, 0.25) is 0 Å². The Morgan fingerprint density at radius 1 is 1.35 bits per heavy atom. The molecule has 1 fully saturated rings. The molecule has 2 rings (SSSR count). The molecule has 0 aromatic heterocycles. The number of hydrogen-bond acceptors (Lipinski definition) is 2. The van der Waals surface area contributed by atoms with E-state index in [1.165, 1.54) is 25.0 Å². The van der Waals surface area contributed by atoms with Crippen molar-refractivity contribution in [1.82, 2.24) is 0 Å². The number of ether oxygens (including phenoxy) is 1. The first-order chi connectivity index (χ1) is 8.15. The monoisotopic (exact) mass is 238 g/mol. The van der Waals surface area contributed by atoms with Gasteiger partial charge in [0, 0.05) is 6.07 Å². The first kappa shape index (κ1) is 11.9. The predicted molar refractivity (Wildman–Crippen MR) is 60.8 cm³/mol. The van der Waals surface area contributed by atoms with Crippen molar-refractivity contribution in [2.24, 2.45) is 5.92 Å². The molecule has 1 saturated carbocycles. The summed E-state index contributed by atoms with van der Waals surface area (Å²) in [5.41, 5.74) is -0.0774. The molecule has 1 aromatic rings. The molecular weight excluding hydrogens is 223 g/mol. The number of carboxylic acid groups (broad SMARTS) is 1. The predicted octanol–water partition coefficient (Wildman–Crippen LogP) is 3.09. The highest BCUT2D eigenvalue weighted by Crippen LogP contribution is 2.26. The van der Waals surface area contributed by atoms with Gasteiger partial charge < -0.3 is 9.84 Å². The normalized spacial score (nSPS) is 16.1. The summed E-state index contributed by atoms with van der Waals surface area (Å²) < 4.78 is 18.6. The molecular formula is C13H15FO3. The lowest BCUT2D eigenvalue weighted by molar-refractivity contribution is 0.0695. The topological polar surface area (TPSA) is 46.5 Å². The summed E-state index contributed by atoms with van der Waals surface area (Å²) in [4.78, 5) is 10.7. The summed E-state index contributed by atoms with van der Waals surface area (Å²) in [6.45, 7) is 0.544. The lowest BCUT2D eigenvalue weighted by Gasteiger charge is -2.11. The molecule has 17 heavy (non-hydrogen) atoms. The van der Waals surface area contributed by atoms with E-state index in [-0.39, 0.29) is 5.56 Å². The molecule has 1 aliphatic rings. The molecule has 92 valence electrons. The first-order valence-corrected chi connectivity index (χ1v) is 5.82. The van der Waals surface area contributed by atoms with Crippen LogP contribution in [0.3, 0.4) is 0 Å². The number of rotatable bonds is 4. The van der Waals surface area contributed by atoms with Crippen molar-refractivity contribution in [1.29, 1.82) is 0 Å². The fraction of sp³-hybridized carbons (Fsp3) is 0.462. The van der Waals surface area contributed by atoms with Crippen LogP contribution in [0.1, 0.15) is 36.0 Å². The van der Waals surface area contributed by atoms with Crippen molar-refractivity contribution >= 4 is 5.97 Å². The fourth-order valence-electron chi connectivity index (χ4n) is 2.16. The molecule has 0 radical (unpaired) electrons. The third-order valence-corrected chi connectivity index (χ3v) is 3.08. The van der Waals surface area contributed by atoms with E-state index >= 15 is 0 Å². The van der Waals surface area contributed by atoms with Gasteiger partial charge in [0.1, 0.15) is 11.6 Å². The first-order valence-electron chi connectivity index (χ1n) is 5.82. The van der Waals surface area contributed by atoms with Crippen LogP contribution < -0.4 is 4.74 Å². The third kappa shape index (κ3) is 3.19. The molecule has 1 N–H and O–H groups in total. The molecule has 0 heterocycles. The highest BCUT2D eigenvalue weighted by atomic mass is 19.1. The van der Waals surface area contributed by atoms with E-state index in [1.807, 2.05) is 0 Å². The average Bonchev–Trinajstić information content (AvgIpc) is 2.78. The second-order valence-corrected chi connectivity index (χ2v) is 4.44. The van der Waals surface area contributed by atoms with E-state index in [9.17, 15) is 9.18 Å². The van der Waals surface area contributed by atoms with E-state index in [2.05, 4.69) is 0 Å². The van der Waals surface area contributed by atoms with E-state index in [0.29, 0.717) is 18.3 Å². The van der Waals surface area contributed by atoms with Crippen molar-refractivity contribution in [2.75, 3.05) is 6.61 Å². The van der Waals surface area contributed by atoms with Gasteiger partial charge in [-0.25, -0.2) is 9.18 Å². The zero-order valence-electron chi connectivity index (χ0n) is 9.49. The number of halogens is 1. The Morgan fingerprint density at radius 3 is 2.71 bits per heavy atom. The van der Waals surface area contributed by atoms with E-state index in [0.717, 1.165) is 18.9 Å². The molecule has 1 aromatic carbocycles. The number of carbonyl (C=O) groups is 1. The third-order valence-electron chi connectivity index (χ3n) is 3.08. The van der Waals surface area contributed by atoms with E-state index in [1.54, 1.807) is 0 Å². The Kier molecular flexibility index (Phi) is 3.61. The second-order valence-electron chi connectivity index (χ2n) is 4.44. The SMILES string of the molecule is O=C(O)c1cc(F)cc(OCC2CCCC2)c1. The molecule has 0 aliphatic heterocycles. The second kappa shape index (κ2) is 5.17. The van der Waals surface area contributed by atoms with Gasteiger partial charge in [-0.05, 0) is 30.9 Å². The maximum absolute atomic E-state index is 13.1. The minimum Gasteiger partial charge on any atom is -0.493 e. The van der Waals surface area contributed by atoms with Crippen molar-refractivity contribution in [3.63, 3.8) is 0 Å². The van der Waals surface area contributed by atoms with Crippen molar-refractivity contribution in [3.05, 3.63) is 29.6 Å². The summed E-state index contributed by atoms with van der Waals surface area (Å²) in [6, 6.07) is 3.58. The number of benzene rings is 1. The summed E-state index contributed by atoms with van der Waals surface area (Å²) in [5, 5.41) is 8.79. The van der Waals surface area contributed by atoms with Crippen LogP contribution in [0.5, 0.6) is 5.75 Å². The molecule has 0 unspecified atom stereocenters. The van der Waals surface area contributed by atoms with Gasteiger partial charge in [0.2, 0.25) is 0 Å². The Hall–Kier alpha value is -1.58. The van der Waals surface area contributed by atoms with Crippen LogP contribution >= 0.6 is 0 Å². The lowest BCUT2D eigenvalue weighted by Crippen LogP contribution is -2.09. The number of carboxylic acids is 1. The minimum atomic E-state index is -1.14. The van der Waals surface area contributed by atoms with Crippen LogP contribution in [0.4, 0.5) is 4.39 Å². The maximum Gasteiger partial charge on any atom is 0.335 e. The lowest BCUT2D eigenvalue weighted by atomic mass is 10.1. The quantitative estimate of drug-likeness (QED) is 0.876. The molecule has 4 heteroatoms. The molecule has 0 saturated heterocycles. The van der Waals surface area contributed by atoms with E-state index < -0.39 is 11.8 Å². The number of aromatic carboxylic acids is 1. The Bertz CT molecular complexity index is 411. The largest absolute Gasteiger partial charge is 0.493 e. The van der Waals surface area contributed by atoms with E-state index in [4.69, 9.17) is 9.84 Å². The van der Waals surface area contributed by atoms with Crippen LogP contribution in [-0.4, -0.2) is 17.7 Å². The summed E-state index contributed by atoms with van der Waals surface area (Å²) in [6.07, 6.45) is 4.72. The van der Waals surface area contributed by atoms with Gasteiger partial charge in [0.15, 0.2) is 0 Å². The van der Waals surface area contributed by atoms with Crippen molar-refractivity contribution < 1.29 is 19.0 Å². The molecule has 0 spiro atoms. The maximum atomic E-state index is 13.1. The van der Waals surface area contributed by atoms with Gasteiger partial charge in [-0.1, -0.05) is 12.8 Å². The number of hydrogen-bond donors (Lipinski definition) is 1. The average molecular weight is 238 g/mol. The van der Waals surface area contributed by atoms with Gasteiger partial charge in [-0.15, -0.1) is 0 Å². The Morgan fingerprint density at radius 2 is 2.06 bits per heavy atom. The van der Waals surface area contributed by atoms with Crippen LogP contribution in [0, 0.1) is 11.7 Å². The molecule has 3 nitrogen and oxygen atoms in total. The summed E-state index contributed by atoms with van der Waals surface area (Å²) >= 11 is 0. The smallest absolute Gasteiger partial charge is 0.335 e. The van der Waals surface area contributed by atoms with Gasteiger partial charge in [-0.2, -0.15) is 0 Å². The van der Waals surface area contributed by atoms with Crippen molar-refractivity contribution in [3.8, 4) is 5.75 Å². The summed E-state index contributed by atoms with van der Waals surface area (Å²) in [7, 11) is 0. The molecule has 0 amide bonds. The van der Waals surface area contributed by atoms with Gasteiger partial charge in [-0.3, -0.25) is 0 Å². The van der Waals surface area contributed by atoms with Gasteiger partial charge in [0.25, 0.3) is 0 Å². The Balaban J connectivity index is 2.01. The zero-order chi connectivity index (χ0) is 12.3.